The smallest absolute Gasteiger partial charge is 0.157 e. The van der Waals surface area contributed by atoms with Gasteiger partial charge in [0.2, 0.25) is 0 Å². The van der Waals surface area contributed by atoms with E-state index in [1.165, 1.54) is 5.56 Å². The highest BCUT2D eigenvalue weighted by molar-refractivity contribution is 5.86. The van der Waals surface area contributed by atoms with Crippen LogP contribution in [0.3, 0.4) is 0 Å². The first-order valence-electron chi connectivity index (χ1n) is 11.7. The van der Waals surface area contributed by atoms with Crippen molar-refractivity contribution in [3.05, 3.63) is 65.2 Å². The molecule has 3 aromatic rings. The molecular formula is C29H36N2O2. The number of hydrogen-bond donors (Lipinski definition) is 2. The van der Waals surface area contributed by atoms with Crippen molar-refractivity contribution in [3.63, 3.8) is 0 Å². The van der Waals surface area contributed by atoms with E-state index in [0.717, 1.165) is 56.8 Å². The van der Waals surface area contributed by atoms with E-state index in [4.69, 9.17) is 4.74 Å². The number of carbonyl (C=O) groups excluding carboxylic acids is 1. The van der Waals surface area contributed by atoms with E-state index < -0.39 is 0 Å². The number of rotatable bonds is 9. The molecule has 0 heterocycles. The maximum atomic E-state index is 11.2. The average molecular weight is 445 g/mol. The van der Waals surface area contributed by atoms with Gasteiger partial charge < -0.3 is 15.4 Å². The monoisotopic (exact) mass is 444 g/mol. The third kappa shape index (κ3) is 5.57. The van der Waals surface area contributed by atoms with Gasteiger partial charge in [0.1, 0.15) is 12.4 Å². The minimum absolute atomic E-state index is 0.0278. The van der Waals surface area contributed by atoms with Crippen molar-refractivity contribution in [1.82, 2.24) is 0 Å². The molecule has 0 bridgehead atoms. The lowest BCUT2D eigenvalue weighted by Gasteiger charge is -2.23. The molecule has 0 aliphatic rings. The van der Waals surface area contributed by atoms with Crippen molar-refractivity contribution in [2.24, 2.45) is 0 Å². The predicted molar refractivity (Wildman–Crippen MR) is 141 cm³/mol. The van der Waals surface area contributed by atoms with Crippen molar-refractivity contribution >= 4 is 17.7 Å². The molecule has 0 radical (unpaired) electrons. The zero-order valence-electron chi connectivity index (χ0n) is 20.9. The summed E-state index contributed by atoms with van der Waals surface area (Å²) in [6.07, 6.45) is 0.806. The molecular weight excluding hydrogens is 408 g/mol. The number of nitrogens with one attached hydrogen (secondary N) is 2. The molecule has 0 aliphatic heterocycles. The number of ether oxygens (including phenoxy) is 1. The first-order chi connectivity index (χ1) is 15.7. The van der Waals surface area contributed by atoms with Crippen LogP contribution in [0.5, 0.6) is 5.75 Å². The van der Waals surface area contributed by atoms with Crippen molar-refractivity contribution in [2.75, 3.05) is 17.2 Å². The molecule has 0 aliphatic carbocycles. The zero-order valence-corrected chi connectivity index (χ0v) is 20.9. The van der Waals surface area contributed by atoms with Gasteiger partial charge in [-0.05, 0) is 106 Å². The van der Waals surface area contributed by atoms with Crippen molar-refractivity contribution in [3.8, 4) is 28.0 Å². The van der Waals surface area contributed by atoms with Crippen molar-refractivity contribution in [1.29, 1.82) is 0 Å². The number of aldehydes is 1. The van der Waals surface area contributed by atoms with Gasteiger partial charge in [0.05, 0.1) is 0 Å². The van der Waals surface area contributed by atoms with Gasteiger partial charge in [-0.2, -0.15) is 0 Å². The Kier molecular flexibility index (Phi) is 7.80. The van der Waals surface area contributed by atoms with Gasteiger partial charge >= 0.3 is 0 Å². The molecule has 4 heteroatoms. The average Bonchev–Trinajstić information content (AvgIpc) is 2.76. The van der Waals surface area contributed by atoms with E-state index in [1.807, 2.05) is 0 Å². The third-order valence-corrected chi connectivity index (χ3v) is 5.81. The number of benzene rings is 3. The van der Waals surface area contributed by atoms with Gasteiger partial charge in [-0.15, -0.1) is 0 Å². The van der Waals surface area contributed by atoms with E-state index in [1.54, 1.807) is 0 Å². The summed E-state index contributed by atoms with van der Waals surface area (Å²) in [5.41, 5.74) is 10.0. The first-order valence-corrected chi connectivity index (χ1v) is 11.7. The molecule has 0 saturated heterocycles. The molecule has 3 rings (SSSR count). The van der Waals surface area contributed by atoms with Gasteiger partial charge in [0, 0.05) is 29.0 Å². The molecule has 174 valence electrons. The molecule has 0 fully saturated rings. The first kappa shape index (κ1) is 24.4. The molecule has 0 unspecified atom stereocenters. The summed E-state index contributed by atoms with van der Waals surface area (Å²) in [5.74, 6) is 0.772. The highest BCUT2D eigenvalue weighted by atomic mass is 16.5. The lowest BCUT2D eigenvalue weighted by atomic mass is 9.86. The van der Waals surface area contributed by atoms with E-state index in [9.17, 15) is 4.79 Å². The van der Waals surface area contributed by atoms with Gasteiger partial charge in [0.25, 0.3) is 0 Å². The zero-order chi connectivity index (χ0) is 24.1. The Balaban J connectivity index is 2.13. The Morgan fingerprint density at radius 1 is 0.697 bits per heavy atom. The molecule has 3 aromatic carbocycles. The summed E-state index contributed by atoms with van der Waals surface area (Å²) >= 11 is 0. The van der Waals surface area contributed by atoms with Crippen LogP contribution >= 0.6 is 0 Å². The molecule has 4 nitrogen and oxygen atoms in total. The molecule has 0 spiro atoms. The lowest BCUT2D eigenvalue weighted by Crippen LogP contribution is -2.09. The van der Waals surface area contributed by atoms with Gasteiger partial charge in [-0.3, -0.25) is 4.79 Å². The minimum atomic E-state index is 0.0278. The molecule has 0 amide bonds. The van der Waals surface area contributed by atoms with Crippen LogP contribution in [-0.4, -0.2) is 25.0 Å². The second kappa shape index (κ2) is 10.6. The number of carbonyl (C=O) groups is 1. The highest BCUT2D eigenvalue weighted by Gasteiger charge is 2.21. The van der Waals surface area contributed by atoms with Gasteiger partial charge in [-0.1, -0.05) is 24.3 Å². The van der Waals surface area contributed by atoms with Crippen LogP contribution in [0.4, 0.5) is 11.4 Å². The number of anilines is 2. The molecule has 33 heavy (non-hydrogen) atoms. The van der Waals surface area contributed by atoms with E-state index in [2.05, 4.69) is 108 Å². The van der Waals surface area contributed by atoms with Crippen molar-refractivity contribution < 1.29 is 9.53 Å². The van der Waals surface area contributed by atoms with E-state index >= 15 is 0 Å². The Hall–Kier alpha value is -3.27. The normalized spacial score (nSPS) is 11.1. The van der Waals surface area contributed by atoms with Crippen LogP contribution < -0.4 is 15.4 Å². The summed E-state index contributed by atoms with van der Waals surface area (Å²) in [5, 5.41) is 6.88. The van der Waals surface area contributed by atoms with Gasteiger partial charge in [-0.25, -0.2) is 0 Å². The minimum Gasteiger partial charge on any atom is -0.485 e. The summed E-state index contributed by atoms with van der Waals surface area (Å²) in [6, 6.07) is 17.7. The fraction of sp³-hybridized carbons (Fsp3) is 0.345. The van der Waals surface area contributed by atoms with Crippen LogP contribution in [-0.2, 0) is 4.79 Å². The maximum Gasteiger partial charge on any atom is 0.157 e. The Morgan fingerprint density at radius 2 is 1.12 bits per heavy atom. The van der Waals surface area contributed by atoms with Gasteiger partial charge in [0.15, 0.2) is 6.29 Å². The quantitative estimate of drug-likeness (QED) is 0.344. The summed E-state index contributed by atoms with van der Waals surface area (Å²) in [6.45, 7) is 14.9. The van der Waals surface area contributed by atoms with E-state index in [-0.39, 0.29) is 6.61 Å². The predicted octanol–water partition coefficient (Wildman–Crippen LogP) is 7.16. The standard InChI is InChI=1S/C29H36N2O2/c1-18(2)30-25-12-8-23(9-13-25)27-20(5)21(6)28(29(22(27)7)33-17-16-32)24-10-14-26(15-11-24)31-19(3)4/h8-16,18-19,30-31H,17H2,1-7H3. The topological polar surface area (TPSA) is 50.4 Å². The second-order valence-electron chi connectivity index (χ2n) is 9.18. The Morgan fingerprint density at radius 3 is 1.55 bits per heavy atom. The molecule has 0 aromatic heterocycles. The maximum absolute atomic E-state index is 11.2. The summed E-state index contributed by atoms with van der Waals surface area (Å²) in [4.78, 5) is 11.2. The molecule has 0 saturated carbocycles. The Labute approximate surface area is 198 Å². The highest BCUT2D eigenvalue weighted by Crippen LogP contribution is 2.44. The third-order valence-electron chi connectivity index (χ3n) is 5.81. The summed E-state index contributed by atoms with van der Waals surface area (Å²) in [7, 11) is 0. The van der Waals surface area contributed by atoms with Crippen LogP contribution in [0.15, 0.2) is 48.5 Å². The Bertz CT molecular complexity index is 1100. The van der Waals surface area contributed by atoms with E-state index in [0.29, 0.717) is 12.1 Å². The van der Waals surface area contributed by atoms with Crippen LogP contribution in [0.2, 0.25) is 0 Å². The number of hydrogen-bond acceptors (Lipinski definition) is 4. The van der Waals surface area contributed by atoms with Crippen molar-refractivity contribution in [2.45, 2.75) is 60.5 Å². The van der Waals surface area contributed by atoms with Crippen LogP contribution in [0.1, 0.15) is 44.4 Å². The second-order valence-corrected chi connectivity index (χ2v) is 9.18. The SMILES string of the molecule is Cc1c(C)c(-c2ccc(NC(C)C)cc2)c(OCC=O)c(C)c1-c1ccc(NC(C)C)cc1. The van der Waals surface area contributed by atoms with Crippen LogP contribution in [0.25, 0.3) is 22.3 Å². The fourth-order valence-corrected chi connectivity index (χ4v) is 4.34. The summed E-state index contributed by atoms with van der Waals surface area (Å²) < 4.78 is 6.04. The molecule has 2 N–H and O–H groups in total. The lowest BCUT2D eigenvalue weighted by molar-refractivity contribution is -0.109. The fourth-order valence-electron chi connectivity index (χ4n) is 4.34. The van der Waals surface area contributed by atoms with Crippen LogP contribution in [0, 0.1) is 20.8 Å². The largest absolute Gasteiger partial charge is 0.485 e. The molecule has 0 atom stereocenters.